The van der Waals surface area contributed by atoms with Gasteiger partial charge in [0.2, 0.25) is 0 Å². The van der Waals surface area contributed by atoms with E-state index in [1.807, 2.05) is 12.1 Å². The predicted octanol–water partition coefficient (Wildman–Crippen LogP) is 3.57. The summed E-state index contributed by atoms with van der Waals surface area (Å²) in [5, 5.41) is 0.812. The van der Waals surface area contributed by atoms with Crippen molar-refractivity contribution in [2.75, 3.05) is 13.7 Å². The fraction of sp³-hybridized carbons (Fsp3) is 0.529. The van der Waals surface area contributed by atoms with Crippen LogP contribution >= 0.6 is 11.8 Å². The van der Waals surface area contributed by atoms with Crippen LogP contribution in [0.15, 0.2) is 18.2 Å². The highest BCUT2D eigenvalue weighted by molar-refractivity contribution is 7.99. The second-order valence-electron chi connectivity index (χ2n) is 5.10. The van der Waals surface area contributed by atoms with Gasteiger partial charge in [-0.05, 0) is 31.0 Å². The molecule has 1 aromatic carbocycles. The molecule has 1 aromatic rings. The predicted molar refractivity (Wildman–Crippen MR) is 87.1 cm³/mol. The van der Waals surface area contributed by atoms with Crippen molar-refractivity contribution in [2.45, 2.75) is 43.1 Å². The number of hydrogen-bond donors (Lipinski definition) is 1. The van der Waals surface area contributed by atoms with Gasteiger partial charge in [-0.15, -0.1) is 0 Å². The third-order valence-corrected chi connectivity index (χ3v) is 5.06. The van der Waals surface area contributed by atoms with Gasteiger partial charge < -0.3 is 10.5 Å². The maximum absolute atomic E-state index is 5.46. The first-order valence-corrected chi connectivity index (χ1v) is 8.36. The van der Waals surface area contributed by atoms with Gasteiger partial charge in [0.15, 0.2) is 0 Å². The lowest BCUT2D eigenvalue weighted by Crippen LogP contribution is -2.08. The highest BCUT2D eigenvalue weighted by atomic mass is 32.2. The molecule has 0 amide bonds. The van der Waals surface area contributed by atoms with Crippen LogP contribution in [-0.4, -0.2) is 18.9 Å². The quantitative estimate of drug-likeness (QED) is 0.861. The lowest BCUT2D eigenvalue weighted by atomic mass is 10.0. The summed E-state index contributed by atoms with van der Waals surface area (Å²) in [5.41, 5.74) is 7.69. The van der Waals surface area contributed by atoms with Crippen LogP contribution in [0.1, 0.15) is 43.2 Å². The molecule has 0 bridgehead atoms. The highest BCUT2D eigenvalue weighted by Crippen LogP contribution is 2.33. The zero-order chi connectivity index (χ0) is 14.2. The summed E-state index contributed by atoms with van der Waals surface area (Å²) in [6.45, 7) is 0.401. The van der Waals surface area contributed by atoms with Gasteiger partial charge >= 0.3 is 0 Å². The minimum absolute atomic E-state index is 0.401. The molecule has 0 atom stereocenters. The van der Waals surface area contributed by atoms with E-state index >= 15 is 0 Å². The maximum atomic E-state index is 5.46. The summed E-state index contributed by atoms with van der Waals surface area (Å²) in [5.74, 6) is 7.97. The van der Waals surface area contributed by atoms with E-state index in [4.69, 9.17) is 10.5 Å². The van der Waals surface area contributed by atoms with Gasteiger partial charge in [0.25, 0.3) is 0 Å². The lowest BCUT2D eigenvalue weighted by molar-refractivity contribution is 0.411. The van der Waals surface area contributed by atoms with E-state index in [9.17, 15) is 0 Å². The first-order valence-electron chi connectivity index (χ1n) is 7.31. The third kappa shape index (κ3) is 4.47. The molecule has 0 spiro atoms. The van der Waals surface area contributed by atoms with E-state index in [2.05, 4.69) is 29.7 Å². The van der Waals surface area contributed by atoms with Gasteiger partial charge in [0, 0.05) is 22.1 Å². The van der Waals surface area contributed by atoms with Crippen LogP contribution in [0.4, 0.5) is 0 Å². The molecule has 2 N–H and O–H groups in total. The number of ether oxygens (including phenoxy) is 1. The number of methoxy groups -OCH3 is 1. The molecule has 108 valence electrons. The number of hydrogen-bond acceptors (Lipinski definition) is 3. The van der Waals surface area contributed by atoms with Gasteiger partial charge in [0.1, 0.15) is 5.75 Å². The Balaban J connectivity index is 2.03. The molecule has 0 saturated heterocycles. The molecule has 20 heavy (non-hydrogen) atoms. The fourth-order valence-corrected chi connectivity index (χ4v) is 3.87. The second kappa shape index (κ2) is 8.24. The molecule has 0 aromatic heterocycles. The molecular formula is C17H23NOS. The smallest absolute Gasteiger partial charge is 0.122 e. The van der Waals surface area contributed by atoms with Crippen LogP contribution in [-0.2, 0) is 5.75 Å². The molecule has 2 rings (SSSR count). The Morgan fingerprint density at radius 3 is 2.80 bits per heavy atom. The Morgan fingerprint density at radius 1 is 1.30 bits per heavy atom. The van der Waals surface area contributed by atoms with E-state index in [-0.39, 0.29) is 0 Å². The monoisotopic (exact) mass is 289 g/mol. The maximum Gasteiger partial charge on any atom is 0.122 e. The largest absolute Gasteiger partial charge is 0.496 e. The minimum atomic E-state index is 0.401. The van der Waals surface area contributed by atoms with Crippen molar-refractivity contribution in [1.82, 2.24) is 0 Å². The molecule has 0 unspecified atom stereocenters. The van der Waals surface area contributed by atoms with Crippen molar-refractivity contribution in [2.24, 2.45) is 5.73 Å². The normalized spacial score (nSPS) is 15.5. The van der Waals surface area contributed by atoms with Gasteiger partial charge in [0.05, 0.1) is 13.7 Å². The summed E-state index contributed by atoms with van der Waals surface area (Å²) in [6, 6.07) is 6.14. The second-order valence-corrected chi connectivity index (χ2v) is 6.39. The van der Waals surface area contributed by atoms with Crippen molar-refractivity contribution < 1.29 is 4.74 Å². The van der Waals surface area contributed by atoms with Gasteiger partial charge in [-0.1, -0.05) is 31.1 Å². The average molecular weight is 289 g/mol. The molecule has 2 nitrogen and oxygen atoms in total. The third-order valence-electron chi connectivity index (χ3n) is 3.64. The van der Waals surface area contributed by atoms with Crippen LogP contribution in [0.25, 0.3) is 0 Å². The van der Waals surface area contributed by atoms with Crippen LogP contribution in [0.5, 0.6) is 5.75 Å². The van der Waals surface area contributed by atoms with Crippen LogP contribution in [0.2, 0.25) is 0 Å². The Hall–Kier alpha value is -1.11. The van der Waals surface area contributed by atoms with E-state index in [1.54, 1.807) is 7.11 Å². The van der Waals surface area contributed by atoms with Gasteiger partial charge in [-0.3, -0.25) is 0 Å². The zero-order valence-electron chi connectivity index (χ0n) is 12.2. The van der Waals surface area contributed by atoms with Crippen molar-refractivity contribution in [1.29, 1.82) is 0 Å². The van der Waals surface area contributed by atoms with Crippen molar-refractivity contribution >= 4 is 11.8 Å². The SMILES string of the molecule is COc1ccc(C#CCN)cc1CSC1CCCCC1. The first kappa shape index (κ1) is 15.3. The Morgan fingerprint density at radius 2 is 2.10 bits per heavy atom. The standard InChI is InChI=1S/C17H23NOS/c1-19-17-10-9-14(6-5-11-18)12-15(17)13-20-16-7-3-2-4-8-16/h9-10,12,16H,2-4,7-8,11,13,18H2,1H3. The molecule has 0 heterocycles. The van der Waals surface area contributed by atoms with Crippen LogP contribution in [0.3, 0.4) is 0 Å². The van der Waals surface area contributed by atoms with Crippen molar-refractivity contribution in [3.63, 3.8) is 0 Å². The molecule has 3 heteroatoms. The molecule has 1 fully saturated rings. The number of benzene rings is 1. The van der Waals surface area contributed by atoms with Gasteiger partial charge in [-0.2, -0.15) is 11.8 Å². The highest BCUT2D eigenvalue weighted by Gasteiger charge is 2.14. The Bertz CT molecular complexity index is 483. The minimum Gasteiger partial charge on any atom is -0.496 e. The van der Waals surface area contributed by atoms with E-state index in [0.717, 1.165) is 22.3 Å². The van der Waals surface area contributed by atoms with E-state index in [0.29, 0.717) is 6.54 Å². The molecule has 1 aliphatic rings. The molecule has 1 saturated carbocycles. The van der Waals surface area contributed by atoms with E-state index < -0.39 is 0 Å². The molecule has 0 radical (unpaired) electrons. The summed E-state index contributed by atoms with van der Waals surface area (Å²) in [7, 11) is 1.73. The summed E-state index contributed by atoms with van der Waals surface area (Å²) in [6.07, 6.45) is 6.90. The van der Waals surface area contributed by atoms with Crippen LogP contribution < -0.4 is 10.5 Å². The molecule has 1 aliphatic carbocycles. The topological polar surface area (TPSA) is 35.2 Å². The van der Waals surface area contributed by atoms with Gasteiger partial charge in [-0.25, -0.2) is 0 Å². The Kier molecular flexibility index (Phi) is 6.29. The zero-order valence-corrected chi connectivity index (χ0v) is 13.0. The summed E-state index contributed by atoms with van der Waals surface area (Å²) >= 11 is 2.06. The summed E-state index contributed by atoms with van der Waals surface area (Å²) < 4.78 is 5.46. The van der Waals surface area contributed by atoms with Crippen molar-refractivity contribution in [3.05, 3.63) is 29.3 Å². The summed E-state index contributed by atoms with van der Waals surface area (Å²) in [4.78, 5) is 0. The first-order chi connectivity index (χ1) is 9.83. The number of nitrogens with two attached hydrogens (primary N) is 1. The van der Waals surface area contributed by atoms with Crippen molar-refractivity contribution in [3.8, 4) is 17.6 Å². The molecular weight excluding hydrogens is 266 g/mol. The lowest BCUT2D eigenvalue weighted by Gasteiger charge is -2.21. The number of thioether (sulfide) groups is 1. The van der Waals surface area contributed by atoms with Crippen LogP contribution in [0, 0.1) is 11.8 Å². The number of rotatable bonds is 4. The average Bonchev–Trinajstić information content (AvgIpc) is 2.52. The Labute approximate surface area is 126 Å². The van der Waals surface area contributed by atoms with E-state index in [1.165, 1.54) is 37.7 Å². The fourth-order valence-electron chi connectivity index (χ4n) is 2.56. The molecule has 0 aliphatic heterocycles.